The molecular formula is C10H12FNO2. The van der Waals surface area contributed by atoms with Crippen molar-refractivity contribution in [1.82, 2.24) is 0 Å². The van der Waals surface area contributed by atoms with Crippen molar-refractivity contribution in [3.05, 3.63) is 29.6 Å². The third kappa shape index (κ3) is 2.73. The molecule has 14 heavy (non-hydrogen) atoms. The highest BCUT2D eigenvalue weighted by atomic mass is 19.1. The molecule has 4 heteroatoms. The SMILES string of the molecule is CCOC(=O)Nc1ccc(C)c(F)c1. The number of aryl methyl sites for hydroxylation is 1. The number of hydrogen-bond donors (Lipinski definition) is 1. The van der Waals surface area contributed by atoms with Gasteiger partial charge in [-0.1, -0.05) is 6.07 Å². The molecule has 0 aromatic heterocycles. The molecule has 1 amide bonds. The first-order chi connectivity index (χ1) is 6.63. The van der Waals surface area contributed by atoms with Crippen molar-refractivity contribution in [2.75, 3.05) is 11.9 Å². The molecule has 1 rings (SSSR count). The molecule has 0 saturated carbocycles. The molecule has 1 aromatic rings. The second-order valence-electron chi connectivity index (χ2n) is 2.81. The Bertz CT molecular complexity index is 339. The van der Waals surface area contributed by atoms with E-state index in [-0.39, 0.29) is 5.82 Å². The van der Waals surface area contributed by atoms with Crippen molar-refractivity contribution in [1.29, 1.82) is 0 Å². The summed E-state index contributed by atoms with van der Waals surface area (Å²) in [7, 11) is 0. The lowest BCUT2D eigenvalue weighted by Crippen LogP contribution is -2.13. The fraction of sp³-hybridized carbons (Fsp3) is 0.300. The highest BCUT2D eigenvalue weighted by molar-refractivity contribution is 5.84. The van der Waals surface area contributed by atoms with Gasteiger partial charge in [-0.2, -0.15) is 0 Å². The lowest BCUT2D eigenvalue weighted by Gasteiger charge is -2.05. The van der Waals surface area contributed by atoms with Gasteiger partial charge in [-0.05, 0) is 31.5 Å². The lowest BCUT2D eigenvalue weighted by atomic mass is 10.2. The van der Waals surface area contributed by atoms with E-state index < -0.39 is 6.09 Å². The molecule has 0 saturated heterocycles. The van der Waals surface area contributed by atoms with Gasteiger partial charge in [0.25, 0.3) is 0 Å². The Morgan fingerprint density at radius 1 is 1.57 bits per heavy atom. The van der Waals surface area contributed by atoms with E-state index in [4.69, 9.17) is 0 Å². The first-order valence-electron chi connectivity index (χ1n) is 4.33. The van der Waals surface area contributed by atoms with Crippen LogP contribution in [-0.4, -0.2) is 12.7 Å². The van der Waals surface area contributed by atoms with E-state index in [9.17, 15) is 9.18 Å². The number of hydrogen-bond acceptors (Lipinski definition) is 2. The third-order valence-corrected chi connectivity index (χ3v) is 1.69. The highest BCUT2D eigenvalue weighted by Crippen LogP contribution is 2.13. The Labute approximate surface area is 81.9 Å². The monoisotopic (exact) mass is 197 g/mol. The van der Waals surface area contributed by atoms with Crippen LogP contribution in [0.5, 0.6) is 0 Å². The number of rotatable bonds is 2. The third-order valence-electron chi connectivity index (χ3n) is 1.69. The van der Waals surface area contributed by atoms with E-state index in [1.807, 2.05) is 0 Å². The molecule has 0 aliphatic carbocycles. The summed E-state index contributed by atoms with van der Waals surface area (Å²) in [6.07, 6.45) is -0.573. The summed E-state index contributed by atoms with van der Waals surface area (Å²) >= 11 is 0. The van der Waals surface area contributed by atoms with Crippen molar-refractivity contribution >= 4 is 11.8 Å². The zero-order valence-corrected chi connectivity index (χ0v) is 8.13. The Balaban J connectivity index is 2.68. The summed E-state index contributed by atoms with van der Waals surface area (Å²) in [5.41, 5.74) is 0.936. The molecule has 0 fully saturated rings. The van der Waals surface area contributed by atoms with Gasteiger partial charge in [0.05, 0.1) is 6.61 Å². The standard InChI is InChI=1S/C10H12FNO2/c1-3-14-10(13)12-8-5-4-7(2)9(11)6-8/h4-6H,3H2,1-2H3,(H,12,13). The number of ether oxygens (including phenoxy) is 1. The molecule has 0 spiro atoms. The van der Waals surface area contributed by atoms with E-state index in [0.29, 0.717) is 17.9 Å². The van der Waals surface area contributed by atoms with Crippen LogP contribution in [0.3, 0.4) is 0 Å². The van der Waals surface area contributed by atoms with Crippen LogP contribution in [0.15, 0.2) is 18.2 Å². The molecule has 1 N–H and O–H groups in total. The van der Waals surface area contributed by atoms with E-state index in [1.165, 1.54) is 6.07 Å². The molecule has 0 aliphatic heterocycles. The maximum absolute atomic E-state index is 13.0. The molecule has 3 nitrogen and oxygen atoms in total. The van der Waals surface area contributed by atoms with Gasteiger partial charge < -0.3 is 4.74 Å². The van der Waals surface area contributed by atoms with Crippen LogP contribution in [0.4, 0.5) is 14.9 Å². The molecule has 1 aromatic carbocycles. The number of anilines is 1. The number of benzene rings is 1. The highest BCUT2D eigenvalue weighted by Gasteiger charge is 2.03. The molecule has 0 atom stereocenters. The van der Waals surface area contributed by atoms with Crippen LogP contribution in [0.2, 0.25) is 0 Å². The maximum atomic E-state index is 13.0. The van der Waals surface area contributed by atoms with Crippen LogP contribution in [0.25, 0.3) is 0 Å². The zero-order chi connectivity index (χ0) is 10.6. The van der Waals surface area contributed by atoms with Gasteiger partial charge in [-0.15, -0.1) is 0 Å². The summed E-state index contributed by atoms with van der Waals surface area (Å²) < 4.78 is 17.7. The molecular weight excluding hydrogens is 185 g/mol. The van der Waals surface area contributed by atoms with Gasteiger partial charge in [0.2, 0.25) is 0 Å². The minimum absolute atomic E-state index is 0.292. The van der Waals surface area contributed by atoms with Crippen LogP contribution in [0.1, 0.15) is 12.5 Å². The van der Waals surface area contributed by atoms with Crippen molar-refractivity contribution in [2.24, 2.45) is 0 Å². The molecule has 0 unspecified atom stereocenters. The predicted molar refractivity (Wildman–Crippen MR) is 51.8 cm³/mol. The molecule has 0 radical (unpaired) electrons. The Morgan fingerprint density at radius 2 is 2.29 bits per heavy atom. The summed E-state index contributed by atoms with van der Waals surface area (Å²) in [6.45, 7) is 3.65. The lowest BCUT2D eigenvalue weighted by molar-refractivity contribution is 0.168. The van der Waals surface area contributed by atoms with E-state index in [0.717, 1.165) is 0 Å². The van der Waals surface area contributed by atoms with Crippen LogP contribution < -0.4 is 5.32 Å². The molecule has 0 aliphatic rings. The number of carbonyl (C=O) groups excluding carboxylic acids is 1. The molecule has 76 valence electrons. The van der Waals surface area contributed by atoms with Gasteiger partial charge in [0.15, 0.2) is 0 Å². The summed E-state index contributed by atoms with van der Waals surface area (Å²) in [5.74, 6) is -0.348. The summed E-state index contributed by atoms with van der Waals surface area (Å²) in [6, 6.07) is 4.47. The maximum Gasteiger partial charge on any atom is 0.411 e. The van der Waals surface area contributed by atoms with Crippen molar-refractivity contribution in [3.8, 4) is 0 Å². The van der Waals surface area contributed by atoms with Crippen LogP contribution in [-0.2, 0) is 4.74 Å². The number of amides is 1. The second-order valence-corrected chi connectivity index (χ2v) is 2.81. The van der Waals surface area contributed by atoms with E-state index in [1.54, 1.807) is 26.0 Å². The van der Waals surface area contributed by atoms with Gasteiger partial charge in [0.1, 0.15) is 5.82 Å². The topological polar surface area (TPSA) is 38.3 Å². The normalized spacial score (nSPS) is 9.64. The summed E-state index contributed by atoms with van der Waals surface area (Å²) in [5, 5.41) is 2.41. The average Bonchev–Trinajstić information content (AvgIpc) is 2.12. The first kappa shape index (κ1) is 10.5. The fourth-order valence-electron chi connectivity index (χ4n) is 0.956. The molecule has 0 bridgehead atoms. The number of carbonyl (C=O) groups is 1. The minimum Gasteiger partial charge on any atom is -0.450 e. The van der Waals surface area contributed by atoms with E-state index >= 15 is 0 Å². The number of nitrogens with one attached hydrogen (secondary N) is 1. The minimum atomic E-state index is -0.573. The Hall–Kier alpha value is -1.58. The smallest absolute Gasteiger partial charge is 0.411 e. The second kappa shape index (κ2) is 4.60. The van der Waals surface area contributed by atoms with Crippen molar-refractivity contribution in [3.63, 3.8) is 0 Å². The quantitative estimate of drug-likeness (QED) is 0.791. The largest absolute Gasteiger partial charge is 0.450 e. The zero-order valence-electron chi connectivity index (χ0n) is 8.13. The van der Waals surface area contributed by atoms with Crippen LogP contribution in [0, 0.1) is 12.7 Å². The number of halogens is 1. The van der Waals surface area contributed by atoms with Crippen molar-refractivity contribution < 1.29 is 13.9 Å². The summed E-state index contributed by atoms with van der Waals surface area (Å²) in [4.78, 5) is 11.0. The van der Waals surface area contributed by atoms with Gasteiger partial charge in [-0.3, -0.25) is 5.32 Å². The van der Waals surface area contributed by atoms with Gasteiger partial charge in [-0.25, -0.2) is 9.18 Å². The van der Waals surface area contributed by atoms with Gasteiger partial charge in [0, 0.05) is 5.69 Å². The van der Waals surface area contributed by atoms with Gasteiger partial charge >= 0.3 is 6.09 Å². The van der Waals surface area contributed by atoms with Crippen LogP contribution >= 0.6 is 0 Å². The van der Waals surface area contributed by atoms with E-state index in [2.05, 4.69) is 10.1 Å². The predicted octanol–water partition coefficient (Wildman–Crippen LogP) is 2.70. The first-order valence-corrected chi connectivity index (χ1v) is 4.33. The molecule has 0 heterocycles. The van der Waals surface area contributed by atoms with Crippen molar-refractivity contribution in [2.45, 2.75) is 13.8 Å². The Kier molecular flexibility index (Phi) is 3.45. The average molecular weight is 197 g/mol. The Morgan fingerprint density at radius 3 is 2.86 bits per heavy atom. The fourth-order valence-corrected chi connectivity index (χ4v) is 0.956.